The van der Waals surface area contributed by atoms with E-state index in [1.54, 1.807) is 16.7 Å². The maximum Gasteiger partial charge on any atom is 0.0708 e. The highest BCUT2D eigenvalue weighted by Gasteiger charge is 2.33. The molecule has 2 atom stereocenters. The van der Waals surface area contributed by atoms with Gasteiger partial charge in [-0.2, -0.15) is 0 Å². The van der Waals surface area contributed by atoms with E-state index in [4.69, 9.17) is 5.73 Å². The van der Waals surface area contributed by atoms with Crippen LogP contribution in [0.1, 0.15) is 65.8 Å². The minimum absolute atomic E-state index is 0.458. The highest BCUT2D eigenvalue weighted by atomic mass is 15.4. The fourth-order valence-corrected chi connectivity index (χ4v) is 8.30. The van der Waals surface area contributed by atoms with Crippen molar-refractivity contribution in [3.8, 4) is 0 Å². The molecule has 4 heteroatoms. The molecule has 4 nitrogen and oxygen atoms in total. The lowest BCUT2D eigenvalue weighted by atomic mass is 9.68. The lowest BCUT2D eigenvalue weighted by molar-refractivity contribution is 0.251. The minimum atomic E-state index is 0.458. The van der Waals surface area contributed by atoms with Crippen molar-refractivity contribution in [1.82, 2.24) is 4.90 Å². The number of rotatable bonds is 8. The van der Waals surface area contributed by atoms with Gasteiger partial charge in [0.1, 0.15) is 0 Å². The Morgan fingerprint density at radius 3 is 2.43 bits per heavy atom. The van der Waals surface area contributed by atoms with E-state index in [-0.39, 0.29) is 0 Å². The summed E-state index contributed by atoms with van der Waals surface area (Å²) < 4.78 is 0. The second-order valence-corrected chi connectivity index (χ2v) is 13.3. The summed E-state index contributed by atoms with van der Waals surface area (Å²) in [6.07, 6.45) is 16.3. The van der Waals surface area contributed by atoms with Crippen molar-refractivity contribution in [1.29, 1.82) is 0 Å². The molecule has 2 N–H and O–H groups in total. The molecule has 44 heavy (non-hydrogen) atoms. The molecule has 2 fully saturated rings. The van der Waals surface area contributed by atoms with Crippen LogP contribution in [0.3, 0.4) is 0 Å². The number of benzene rings is 3. The van der Waals surface area contributed by atoms with Gasteiger partial charge >= 0.3 is 0 Å². The molecular weight excluding hydrogens is 536 g/mol. The molecule has 2 unspecified atom stereocenters. The zero-order chi connectivity index (χ0) is 29.9. The number of nitrogens with two attached hydrogens (primary N) is 1. The van der Waals surface area contributed by atoms with E-state index in [9.17, 15) is 0 Å². The van der Waals surface area contributed by atoms with E-state index >= 15 is 0 Å². The van der Waals surface area contributed by atoms with Gasteiger partial charge in [-0.25, -0.2) is 0 Å². The van der Waals surface area contributed by atoms with E-state index < -0.39 is 0 Å². The Bertz CT molecular complexity index is 1510. The first kappa shape index (κ1) is 29.1. The molecule has 0 saturated carbocycles. The first-order valence-corrected chi connectivity index (χ1v) is 16.9. The number of fused-ring (bicyclic) bond motifs is 1. The van der Waals surface area contributed by atoms with Gasteiger partial charge in [-0.3, -0.25) is 4.90 Å². The highest BCUT2D eigenvalue weighted by molar-refractivity contribution is 5.60. The Kier molecular flexibility index (Phi) is 8.72. The third kappa shape index (κ3) is 6.03. The van der Waals surface area contributed by atoms with Gasteiger partial charge in [-0.05, 0) is 102 Å². The largest absolute Gasteiger partial charge is 0.372 e. The van der Waals surface area contributed by atoms with Gasteiger partial charge in [0.25, 0.3) is 0 Å². The molecule has 7 rings (SSSR count). The lowest BCUT2D eigenvalue weighted by Crippen LogP contribution is -2.38. The van der Waals surface area contributed by atoms with Gasteiger partial charge in [0.2, 0.25) is 0 Å². The molecule has 228 valence electrons. The predicted octanol–water partition coefficient (Wildman–Crippen LogP) is 7.76. The van der Waals surface area contributed by atoms with Crippen LogP contribution >= 0.6 is 0 Å². The van der Waals surface area contributed by atoms with Gasteiger partial charge in [0.15, 0.2) is 0 Å². The number of nitrogens with zero attached hydrogens (tertiary/aromatic N) is 3. The number of hydrogen-bond acceptors (Lipinski definition) is 4. The van der Waals surface area contributed by atoms with Crippen LogP contribution in [-0.2, 0) is 13.0 Å². The van der Waals surface area contributed by atoms with E-state index in [1.807, 2.05) is 6.08 Å². The third-order valence-electron chi connectivity index (χ3n) is 10.8. The van der Waals surface area contributed by atoms with Crippen molar-refractivity contribution in [2.75, 3.05) is 49.2 Å². The van der Waals surface area contributed by atoms with Crippen LogP contribution in [0.5, 0.6) is 0 Å². The quantitative estimate of drug-likeness (QED) is 0.294. The molecule has 0 bridgehead atoms. The topological polar surface area (TPSA) is 35.7 Å². The molecule has 0 spiro atoms. The maximum absolute atomic E-state index is 6.01. The van der Waals surface area contributed by atoms with Crippen LogP contribution in [0.25, 0.3) is 6.08 Å². The van der Waals surface area contributed by atoms with Gasteiger partial charge in [-0.1, -0.05) is 78.9 Å². The average Bonchev–Trinajstić information content (AvgIpc) is 3.56. The van der Waals surface area contributed by atoms with E-state index in [0.717, 1.165) is 44.3 Å². The molecular formula is C40H48N4. The first-order chi connectivity index (χ1) is 21.7. The third-order valence-corrected chi connectivity index (χ3v) is 10.8. The van der Waals surface area contributed by atoms with Gasteiger partial charge in [0.05, 0.1) is 6.67 Å². The number of hydrogen-bond donors (Lipinski definition) is 1. The molecule has 0 amide bonds. The second kappa shape index (κ2) is 13.2. The molecule has 4 aliphatic rings. The van der Waals surface area contributed by atoms with Crippen LogP contribution in [-0.4, -0.2) is 44.3 Å². The van der Waals surface area contributed by atoms with Gasteiger partial charge < -0.3 is 15.5 Å². The van der Waals surface area contributed by atoms with Gasteiger partial charge in [0, 0.05) is 56.6 Å². The summed E-state index contributed by atoms with van der Waals surface area (Å²) in [5, 5.41) is 0. The second-order valence-electron chi connectivity index (χ2n) is 13.3. The Morgan fingerprint density at radius 1 is 0.841 bits per heavy atom. The molecule has 2 saturated heterocycles. The van der Waals surface area contributed by atoms with E-state index in [2.05, 4.69) is 106 Å². The van der Waals surface area contributed by atoms with Crippen LogP contribution < -0.4 is 15.5 Å². The fraction of sp³-hybridized carbons (Fsp3) is 0.400. The first-order valence-electron chi connectivity index (χ1n) is 16.9. The lowest BCUT2D eigenvalue weighted by Gasteiger charge is -2.37. The van der Waals surface area contributed by atoms with Crippen molar-refractivity contribution in [3.63, 3.8) is 0 Å². The zero-order valence-electron chi connectivity index (χ0n) is 26.2. The molecule has 2 aliphatic heterocycles. The Labute approximate surface area is 264 Å². The van der Waals surface area contributed by atoms with Crippen molar-refractivity contribution in [2.45, 2.75) is 51.0 Å². The Balaban J connectivity index is 0.968. The molecule has 0 aromatic heterocycles. The highest BCUT2D eigenvalue weighted by Crippen LogP contribution is 2.46. The van der Waals surface area contributed by atoms with Gasteiger partial charge in [-0.15, -0.1) is 0 Å². The van der Waals surface area contributed by atoms with Crippen LogP contribution in [0.15, 0.2) is 97.1 Å². The summed E-state index contributed by atoms with van der Waals surface area (Å²) >= 11 is 0. The SMILES string of the molecule is C=Cc1ccc(N2CCN(CC3CCN(c4ccc(C5c6ccccc6CCC5C5=CC=CCC5)cc4)CC3)C2)cc1CN. The molecule has 0 radical (unpaired) electrons. The summed E-state index contributed by atoms with van der Waals surface area (Å²) in [5.74, 6) is 1.83. The standard InChI is InChI=1S/C40H48N4/c1-2-31-12-18-37(26-35(31)27-41)44-25-24-42(29-44)28-30-20-22-43(23-21-30)36-16-13-34(14-17-36)40-38-11-7-6-10-33(38)15-19-39(40)32-8-4-3-5-9-32/h2-4,6-8,10-14,16-18,26,30,39-40H,1,5,9,15,19-25,27-29,41H2. The van der Waals surface area contributed by atoms with Crippen LogP contribution in [0.2, 0.25) is 0 Å². The zero-order valence-corrected chi connectivity index (χ0v) is 26.2. The summed E-state index contributed by atoms with van der Waals surface area (Å²) in [5.41, 5.74) is 17.2. The van der Waals surface area contributed by atoms with E-state index in [1.165, 1.54) is 67.6 Å². The average molecular weight is 585 g/mol. The molecule has 2 aliphatic carbocycles. The number of piperidine rings is 1. The normalized spacial score (nSPS) is 22.6. The number of aryl methyl sites for hydroxylation is 1. The summed E-state index contributed by atoms with van der Waals surface area (Å²) in [6, 6.07) is 25.5. The van der Waals surface area contributed by atoms with Crippen molar-refractivity contribution < 1.29 is 0 Å². The van der Waals surface area contributed by atoms with Crippen LogP contribution in [0, 0.1) is 11.8 Å². The smallest absolute Gasteiger partial charge is 0.0708 e. The Morgan fingerprint density at radius 2 is 1.66 bits per heavy atom. The van der Waals surface area contributed by atoms with Crippen molar-refractivity contribution in [3.05, 3.63) is 125 Å². The monoisotopic (exact) mass is 584 g/mol. The van der Waals surface area contributed by atoms with Crippen LogP contribution in [0.4, 0.5) is 11.4 Å². The molecule has 3 aromatic rings. The molecule has 2 heterocycles. The summed E-state index contributed by atoms with van der Waals surface area (Å²) in [7, 11) is 0. The predicted molar refractivity (Wildman–Crippen MR) is 186 cm³/mol. The Hall–Kier alpha value is -3.60. The van der Waals surface area contributed by atoms with Crippen molar-refractivity contribution >= 4 is 17.5 Å². The number of allylic oxidation sites excluding steroid dienone is 4. The van der Waals surface area contributed by atoms with E-state index in [0.29, 0.717) is 18.4 Å². The number of anilines is 2. The van der Waals surface area contributed by atoms with Crippen molar-refractivity contribution in [2.24, 2.45) is 17.6 Å². The fourth-order valence-electron chi connectivity index (χ4n) is 8.30. The minimum Gasteiger partial charge on any atom is -0.372 e. The molecule has 3 aromatic carbocycles. The summed E-state index contributed by atoms with van der Waals surface area (Å²) in [6.45, 7) is 11.2. The maximum atomic E-state index is 6.01. The summed E-state index contributed by atoms with van der Waals surface area (Å²) in [4.78, 5) is 7.76.